The molecule has 1 aliphatic heterocycles. The number of esters is 1. The van der Waals surface area contributed by atoms with Crippen molar-refractivity contribution >= 4 is 17.8 Å². The highest BCUT2D eigenvalue weighted by molar-refractivity contribution is 5.88. The average molecular weight is 359 g/mol. The molecule has 1 amide bonds. The van der Waals surface area contributed by atoms with Crippen molar-refractivity contribution in [3.05, 3.63) is 12.2 Å². The van der Waals surface area contributed by atoms with E-state index in [2.05, 4.69) is 10.1 Å². The zero-order valence-corrected chi connectivity index (χ0v) is 12.8. The van der Waals surface area contributed by atoms with Crippen molar-refractivity contribution in [2.24, 2.45) is 11.5 Å². The number of aromatic nitrogens is 3. The molecule has 5 atom stereocenters. The first-order chi connectivity index (χ1) is 11.7. The fraction of sp³-hybridized carbons (Fsp3) is 0.583. The Morgan fingerprint density at radius 2 is 2.04 bits per heavy atom. The Morgan fingerprint density at radius 1 is 1.36 bits per heavy atom. The van der Waals surface area contributed by atoms with Crippen LogP contribution in [0.5, 0.6) is 0 Å². The molecule has 25 heavy (non-hydrogen) atoms. The van der Waals surface area contributed by atoms with E-state index in [4.69, 9.17) is 26.0 Å². The second-order valence-corrected chi connectivity index (χ2v) is 5.29. The quantitative estimate of drug-likeness (QED) is 0.299. The third-order valence-electron chi connectivity index (χ3n) is 3.41. The molecule has 2 heterocycles. The molecule has 1 aromatic rings. The topological polar surface area (TPSA) is 213 Å². The minimum atomic E-state index is -1.45. The molecular formula is C12H17N5O8. The van der Waals surface area contributed by atoms with Crippen LogP contribution in [0.1, 0.15) is 23.3 Å². The number of carboxylic acids is 1. The van der Waals surface area contributed by atoms with Crippen LogP contribution in [0.3, 0.4) is 0 Å². The molecule has 1 aliphatic rings. The SMILES string of the molecule is NC(=O)c1ncn([C@@H]2O[C@H](COC(=O)[C@H](N)CC(=O)O)[C@@H](O)[C@H]2O)n1. The van der Waals surface area contributed by atoms with Gasteiger partial charge in [0.15, 0.2) is 6.23 Å². The summed E-state index contributed by atoms with van der Waals surface area (Å²) in [5.74, 6) is -3.45. The standard InChI is InChI=1S/C12H17N5O8/c13-4(1-6(18)19)12(23)24-2-5-7(20)8(21)11(25-5)17-3-15-10(16-17)9(14)22/h3-5,7-8,11,20-21H,1-2,13H2,(H2,14,22)(H,18,19)/t4-,5-,7-,8-,11-/m1/s1. The van der Waals surface area contributed by atoms with E-state index in [0.717, 1.165) is 11.0 Å². The number of nitrogens with two attached hydrogens (primary N) is 2. The molecule has 13 nitrogen and oxygen atoms in total. The van der Waals surface area contributed by atoms with Gasteiger partial charge in [-0.15, -0.1) is 5.10 Å². The van der Waals surface area contributed by atoms with Crippen molar-refractivity contribution in [3.63, 3.8) is 0 Å². The number of amides is 1. The normalized spacial score (nSPS) is 27.0. The molecule has 0 saturated carbocycles. The van der Waals surface area contributed by atoms with Crippen molar-refractivity contribution in [2.75, 3.05) is 6.61 Å². The summed E-state index contributed by atoms with van der Waals surface area (Å²) in [6, 6.07) is -1.37. The summed E-state index contributed by atoms with van der Waals surface area (Å²) in [6.07, 6.45) is -4.73. The lowest BCUT2D eigenvalue weighted by Crippen LogP contribution is -2.38. The van der Waals surface area contributed by atoms with Gasteiger partial charge in [-0.05, 0) is 0 Å². The van der Waals surface area contributed by atoms with Crippen LogP contribution in [0, 0.1) is 0 Å². The van der Waals surface area contributed by atoms with Crippen LogP contribution in [0.25, 0.3) is 0 Å². The maximum atomic E-state index is 11.6. The fourth-order valence-corrected chi connectivity index (χ4v) is 2.14. The van der Waals surface area contributed by atoms with E-state index in [1.165, 1.54) is 0 Å². The number of aliphatic hydroxyl groups excluding tert-OH is 2. The third kappa shape index (κ3) is 4.27. The van der Waals surface area contributed by atoms with Crippen molar-refractivity contribution in [1.82, 2.24) is 14.8 Å². The number of hydrogen-bond donors (Lipinski definition) is 5. The van der Waals surface area contributed by atoms with Gasteiger partial charge in [0.25, 0.3) is 5.91 Å². The van der Waals surface area contributed by atoms with E-state index in [1.54, 1.807) is 0 Å². The van der Waals surface area contributed by atoms with Gasteiger partial charge in [0, 0.05) is 0 Å². The van der Waals surface area contributed by atoms with Crippen LogP contribution in [0.4, 0.5) is 0 Å². The van der Waals surface area contributed by atoms with Gasteiger partial charge < -0.3 is 36.3 Å². The first-order valence-electron chi connectivity index (χ1n) is 7.07. The maximum Gasteiger partial charge on any atom is 0.323 e. The molecule has 1 fully saturated rings. The van der Waals surface area contributed by atoms with Gasteiger partial charge in [0.2, 0.25) is 5.82 Å². The Hall–Kier alpha value is -2.61. The van der Waals surface area contributed by atoms with E-state index in [-0.39, 0.29) is 5.82 Å². The lowest BCUT2D eigenvalue weighted by molar-refractivity contribution is -0.154. The molecular weight excluding hydrogens is 342 g/mol. The maximum absolute atomic E-state index is 11.6. The Morgan fingerprint density at radius 3 is 2.60 bits per heavy atom. The smallest absolute Gasteiger partial charge is 0.323 e. The second kappa shape index (κ2) is 7.52. The minimum absolute atomic E-state index is 0.306. The number of carbonyl (C=O) groups is 3. The summed E-state index contributed by atoms with van der Waals surface area (Å²) in [7, 11) is 0. The number of carboxylic acid groups (broad SMARTS) is 1. The van der Waals surface area contributed by atoms with Gasteiger partial charge in [0.1, 0.15) is 37.3 Å². The molecule has 1 aromatic heterocycles. The molecule has 0 bridgehead atoms. The number of ether oxygens (including phenoxy) is 2. The first-order valence-corrected chi connectivity index (χ1v) is 7.07. The van der Waals surface area contributed by atoms with Crippen LogP contribution in [-0.4, -0.2) is 78.9 Å². The number of primary amides is 1. The Labute approximate surface area is 140 Å². The zero-order chi connectivity index (χ0) is 18.7. The van der Waals surface area contributed by atoms with Crippen LogP contribution >= 0.6 is 0 Å². The minimum Gasteiger partial charge on any atom is -0.481 e. The molecule has 0 aromatic carbocycles. The van der Waals surface area contributed by atoms with Gasteiger partial charge in [-0.1, -0.05) is 0 Å². The van der Waals surface area contributed by atoms with E-state index in [1.807, 2.05) is 0 Å². The predicted molar refractivity (Wildman–Crippen MR) is 75.7 cm³/mol. The lowest BCUT2D eigenvalue weighted by atomic mass is 10.1. The van der Waals surface area contributed by atoms with Crippen molar-refractivity contribution < 1.29 is 39.2 Å². The third-order valence-corrected chi connectivity index (χ3v) is 3.41. The molecule has 0 spiro atoms. The zero-order valence-electron chi connectivity index (χ0n) is 12.8. The van der Waals surface area contributed by atoms with E-state index in [9.17, 15) is 24.6 Å². The molecule has 0 unspecified atom stereocenters. The summed E-state index contributed by atoms with van der Waals surface area (Å²) >= 11 is 0. The molecule has 1 saturated heterocycles. The fourth-order valence-electron chi connectivity index (χ4n) is 2.14. The largest absolute Gasteiger partial charge is 0.481 e. The summed E-state index contributed by atoms with van der Waals surface area (Å²) < 4.78 is 11.1. The number of aliphatic hydroxyl groups is 2. The van der Waals surface area contributed by atoms with Crippen LogP contribution in [-0.2, 0) is 19.1 Å². The van der Waals surface area contributed by atoms with Gasteiger partial charge in [0.05, 0.1) is 6.42 Å². The highest BCUT2D eigenvalue weighted by Crippen LogP contribution is 2.29. The van der Waals surface area contributed by atoms with Crippen LogP contribution in [0.15, 0.2) is 6.33 Å². The number of aliphatic carboxylic acids is 1. The number of nitrogens with zero attached hydrogens (tertiary/aromatic N) is 3. The average Bonchev–Trinajstić information content (AvgIpc) is 3.11. The molecule has 7 N–H and O–H groups in total. The van der Waals surface area contributed by atoms with E-state index < -0.39 is 61.5 Å². The number of carbonyl (C=O) groups excluding carboxylic acids is 2. The molecule has 138 valence electrons. The Bertz CT molecular complexity index is 664. The van der Waals surface area contributed by atoms with Gasteiger partial charge in [-0.3, -0.25) is 14.4 Å². The lowest BCUT2D eigenvalue weighted by Gasteiger charge is -2.16. The second-order valence-electron chi connectivity index (χ2n) is 5.29. The molecule has 0 aliphatic carbocycles. The summed E-state index contributed by atoms with van der Waals surface area (Å²) in [6.45, 7) is -0.474. The number of rotatable bonds is 7. The molecule has 2 rings (SSSR count). The van der Waals surface area contributed by atoms with Crippen molar-refractivity contribution in [3.8, 4) is 0 Å². The van der Waals surface area contributed by atoms with Gasteiger partial charge >= 0.3 is 11.9 Å². The number of hydrogen-bond acceptors (Lipinski definition) is 10. The van der Waals surface area contributed by atoms with Crippen LogP contribution in [0.2, 0.25) is 0 Å². The summed E-state index contributed by atoms with van der Waals surface area (Å²) in [5, 5.41) is 32.2. The van der Waals surface area contributed by atoms with Gasteiger partial charge in [-0.2, -0.15) is 0 Å². The van der Waals surface area contributed by atoms with Crippen molar-refractivity contribution in [2.45, 2.75) is 37.0 Å². The predicted octanol–water partition coefficient (Wildman–Crippen LogP) is -3.66. The van der Waals surface area contributed by atoms with E-state index in [0.29, 0.717) is 0 Å². The van der Waals surface area contributed by atoms with Crippen LogP contribution < -0.4 is 11.5 Å². The van der Waals surface area contributed by atoms with Crippen molar-refractivity contribution in [1.29, 1.82) is 0 Å². The molecule has 0 radical (unpaired) electrons. The molecule has 13 heteroatoms. The van der Waals surface area contributed by atoms with Gasteiger partial charge in [-0.25, -0.2) is 9.67 Å². The first kappa shape index (κ1) is 18.7. The summed E-state index contributed by atoms with van der Waals surface area (Å²) in [5.41, 5.74) is 10.4. The highest BCUT2D eigenvalue weighted by Gasteiger charge is 2.45. The van der Waals surface area contributed by atoms with E-state index >= 15 is 0 Å². The summed E-state index contributed by atoms with van der Waals surface area (Å²) in [4.78, 5) is 36.6. The Kier molecular flexibility index (Phi) is 5.63. The highest BCUT2D eigenvalue weighted by atomic mass is 16.6. The monoisotopic (exact) mass is 359 g/mol. The Balaban J connectivity index is 1.96.